The number of nitrogens with two attached hydrogens (primary N) is 1. The first-order valence-electron chi connectivity index (χ1n) is 10.6. The number of aromatic nitrogens is 4. The van der Waals surface area contributed by atoms with Gasteiger partial charge in [0, 0.05) is 17.1 Å². The average Bonchev–Trinajstić information content (AvgIpc) is 3.55. The van der Waals surface area contributed by atoms with Crippen LogP contribution in [-0.2, 0) is 27.3 Å². The Morgan fingerprint density at radius 3 is 2.51 bits per heavy atom. The summed E-state index contributed by atoms with van der Waals surface area (Å²) in [4.78, 5) is 42.7. The van der Waals surface area contributed by atoms with Gasteiger partial charge in [0.2, 0.25) is 11.7 Å². The molecule has 2 amide bonds. The van der Waals surface area contributed by atoms with Crippen LogP contribution in [0.15, 0.2) is 72.4 Å². The molecule has 0 aliphatic carbocycles. The molecule has 0 aliphatic rings. The summed E-state index contributed by atoms with van der Waals surface area (Å²) in [6, 6.07) is 13.6. The fourth-order valence-corrected chi connectivity index (χ4v) is 4.24. The molecule has 1 unspecified atom stereocenters. The largest absolute Gasteiger partial charge is 0.368 e. The molecule has 4 aromatic rings. The zero-order valence-corrected chi connectivity index (χ0v) is 19.2. The number of halogens is 1. The summed E-state index contributed by atoms with van der Waals surface area (Å²) in [6.45, 7) is 0.0717. The number of primary amides is 1. The molecule has 0 bridgehead atoms. The molecule has 0 spiro atoms. The van der Waals surface area contributed by atoms with E-state index in [-0.39, 0.29) is 24.2 Å². The Kier molecular flexibility index (Phi) is 7.36. The monoisotopic (exact) mass is 492 g/mol. The van der Waals surface area contributed by atoms with Crippen LogP contribution in [0.3, 0.4) is 0 Å². The third kappa shape index (κ3) is 5.64. The van der Waals surface area contributed by atoms with Gasteiger partial charge < -0.3 is 11.1 Å². The van der Waals surface area contributed by atoms with Gasteiger partial charge in [0.25, 0.3) is 5.91 Å². The van der Waals surface area contributed by atoms with Crippen LogP contribution in [0.5, 0.6) is 0 Å². The van der Waals surface area contributed by atoms with Gasteiger partial charge in [0.05, 0.1) is 18.7 Å². The Labute approximate surface area is 203 Å². The van der Waals surface area contributed by atoms with Gasteiger partial charge in [0.1, 0.15) is 22.6 Å². The minimum Gasteiger partial charge on any atom is -0.368 e. The van der Waals surface area contributed by atoms with Gasteiger partial charge in [-0.05, 0) is 24.1 Å². The van der Waals surface area contributed by atoms with Gasteiger partial charge in [-0.25, -0.2) is 14.1 Å². The molecule has 3 N–H and O–H groups in total. The number of hydrogen-bond acceptors (Lipinski definition) is 7. The summed E-state index contributed by atoms with van der Waals surface area (Å²) in [5.41, 5.74) is 6.75. The van der Waals surface area contributed by atoms with Gasteiger partial charge in [0.15, 0.2) is 0 Å². The maximum absolute atomic E-state index is 14.2. The van der Waals surface area contributed by atoms with Gasteiger partial charge in [-0.1, -0.05) is 47.7 Å². The van der Waals surface area contributed by atoms with Crippen molar-refractivity contribution < 1.29 is 18.8 Å². The zero-order valence-electron chi connectivity index (χ0n) is 18.4. The molecule has 178 valence electrons. The van der Waals surface area contributed by atoms with Crippen LogP contribution in [0.1, 0.15) is 16.6 Å². The molecular weight excluding hydrogens is 471 g/mol. The van der Waals surface area contributed by atoms with Crippen LogP contribution in [0.2, 0.25) is 0 Å². The number of hydrogen-bond donors (Lipinski definition) is 2. The van der Waals surface area contributed by atoms with Gasteiger partial charge >= 0.3 is 0 Å². The second-order valence-electron chi connectivity index (χ2n) is 7.68. The van der Waals surface area contributed by atoms with Crippen LogP contribution < -0.4 is 11.1 Å². The highest BCUT2D eigenvalue weighted by atomic mass is 32.1. The minimum absolute atomic E-state index is 0.0485. The normalized spacial score (nSPS) is 12.6. The topological polar surface area (TPSA) is 133 Å². The maximum Gasteiger partial charge on any atom is 0.288 e. The van der Waals surface area contributed by atoms with Crippen molar-refractivity contribution in [2.45, 2.75) is 19.0 Å². The molecule has 0 saturated carbocycles. The third-order valence-electron chi connectivity index (χ3n) is 5.36. The van der Waals surface area contributed by atoms with Crippen LogP contribution in [0, 0.1) is 11.7 Å². The Morgan fingerprint density at radius 2 is 1.83 bits per heavy atom. The number of ketones is 1. The Morgan fingerprint density at radius 1 is 1.09 bits per heavy atom. The molecule has 0 aliphatic heterocycles. The van der Waals surface area contributed by atoms with E-state index in [1.54, 1.807) is 41.9 Å². The van der Waals surface area contributed by atoms with E-state index in [9.17, 15) is 18.8 Å². The van der Waals surface area contributed by atoms with E-state index in [0.29, 0.717) is 5.01 Å². The Bertz CT molecular complexity index is 1330. The summed E-state index contributed by atoms with van der Waals surface area (Å²) in [7, 11) is 0. The lowest BCUT2D eigenvalue weighted by atomic mass is 9.87. The molecule has 11 heteroatoms. The zero-order chi connectivity index (χ0) is 24.8. The van der Waals surface area contributed by atoms with Crippen LogP contribution in [-0.4, -0.2) is 37.6 Å². The predicted octanol–water partition coefficient (Wildman–Crippen LogP) is 2.31. The van der Waals surface area contributed by atoms with Crippen molar-refractivity contribution >= 4 is 28.9 Å². The van der Waals surface area contributed by atoms with Crippen LogP contribution in [0.25, 0.3) is 11.3 Å². The quantitative estimate of drug-likeness (QED) is 0.327. The predicted molar refractivity (Wildman–Crippen MR) is 126 cm³/mol. The molecule has 2 aromatic carbocycles. The third-order valence-corrected chi connectivity index (χ3v) is 6.14. The van der Waals surface area contributed by atoms with E-state index in [1.165, 1.54) is 35.7 Å². The smallest absolute Gasteiger partial charge is 0.288 e. The number of amides is 2. The number of carbonyl (C=O) groups is 3. The SMILES string of the molecule is NC(=O)C([C@@H](Cc1ccccc1)C(=O)C(=O)NCc1nccs1)n1cc(-c2ccccc2F)nn1. The van der Waals surface area contributed by atoms with E-state index >= 15 is 0 Å². The van der Waals surface area contributed by atoms with E-state index < -0.39 is 35.4 Å². The number of thiazole rings is 1. The van der Waals surface area contributed by atoms with Gasteiger partial charge in [-0.15, -0.1) is 16.4 Å². The number of Topliss-reactive ketones (excluding diaryl/α,β-unsaturated/α-hetero) is 1. The summed E-state index contributed by atoms with van der Waals surface area (Å²) in [5.74, 6) is -4.29. The highest BCUT2D eigenvalue weighted by Crippen LogP contribution is 2.26. The fraction of sp³-hybridized carbons (Fsp3) is 0.167. The number of rotatable bonds is 10. The van der Waals surface area contributed by atoms with Crippen molar-refractivity contribution in [2.24, 2.45) is 11.7 Å². The van der Waals surface area contributed by atoms with Crippen LogP contribution >= 0.6 is 11.3 Å². The van der Waals surface area contributed by atoms with Gasteiger partial charge in [-0.2, -0.15) is 0 Å². The molecule has 2 atom stereocenters. The van der Waals surface area contributed by atoms with Crippen molar-refractivity contribution in [2.75, 3.05) is 0 Å². The second-order valence-corrected chi connectivity index (χ2v) is 8.66. The molecule has 9 nitrogen and oxygen atoms in total. The first kappa shape index (κ1) is 23.9. The molecule has 0 fully saturated rings. The van der Waals surface area contributed by atoms with Crippen molar-refractivity contribution in [3.8, 4) is 11.3 Å². The number of benzene rings is 2. The summed E-state index contributed by atoms with van der Waals surface area (Å²) < 4.78 is 15.4. The highest BCUT2D eigenvalue weighted by Gasteiger charge is 2.38. The first-order chi connectivity index (χ1) is 16.9. The van der Waals surface area contributed by atoms with Crippen molar-refractivity contribution in [3.63, 3.8) is 0 Å². The Balaban J connectivity index is 1.65. The maximum atomic E-state index is 14.2. The molecule has 35 heavy (non-hydrogen) atoms. The lowest BCUT2D eigenvalue weighted by Gasteiger charge is -2.23. The lowest BCUT2D eigenvalue weighted by molar-refractivity contribution is -0.142. The lowest BCUT2D eigenvalue weighted by Crippen LogP contribution is -2.44. The summed E-state index contributed by atoms with van der Waals surface area (Å²) in [5, 5.41) is 12.8. The van der Waals surface area contributed by atoms with Crippen LogP contribution in [0.4, 0.5) is 4.39 Å². The number of nitrogens with one attached hydrogen (secondary N) is 1. The van der Waals surface area contributed by atoms with Crippen molar-refractivity contribution in [1.82, 2.24) is 25.3 Å². The van der Waals surface area contributed by atoms with Gasteiger partial charge in [-0.3, -0.25) is 14.4 Å². The minimum atomic E-state index is -1.33. The van der Waals surface area contributed by atoms with E-state index in [4.69, 9.17) is 5.73 Å². The molecule has 4 rings (SSSR count). The van der Waals surface area contributed by atoms with E-state index in [0.717, 1.165) is 10.2 Å². The molecular formula is C24H21FN6O3S. The van der Waals surface area contributed by atoms with E-state index in [1.807, 2.05) is 6.07 Å². The number of nitrogens with zero attached hydrogens (tertiary/aromatic N) is 4. The molecule has 0 saturated heterocycles. The summed E-state index contributed by atoms with van der Waals surface area (Å²) in [6.07, 6.45) is 2.98. The fourth-order valence-electron chi connectivity index (χ4n) is 3.69. The first-order valence-corrected chi connectivity index (χ1v) is 11.5. The highest BCUT2D eigenvalue weighted by molar-refractivity contribution is 7.09. The molecule has 2 heterocycles. The average molecular weight is 493 g/mol. The summed E-state index contributed by atoms with van der Waals surface area (Å²) >= 11 is 1.33. The van der Waals surface area contributed by atoms with Crippen molar-refractivity contribution in [3.05, 3.63) is 88.8 Å². The number of carbonyl (C=O) groups excluding carboxylic acids is 3. The van der Waals surface area contributed by atoms with E-state index in [2.05, 4.69) is 20.6 Å². The second kappa shape index (κ2) is 10.8. The van der Waals surface area contributed by atoms with Crippen molar-refractivity contribution in [1.29, 1.82) is 0 Å². The molecule has 2 aromatic heterocycles. The molecule has 0 radical (unpaired) electrons. The standard InChI is InChI=1S/C24H21FN6O3S/c25-18-9-5-4-8-16(18)19-14-31(30-29-19)21(23(26)33)17(12-15-6-2-1-3-7-15)22(32)24(34)28-13-20-27-10-11-35-20/h1-11,14,17,21H,12-13H2,(H2,26,33)(H,28,34)/t17-,21?/m1/s1. The Hall–Kier alpha value is -4.25.